The van der Waals surface area contributed by atoms with E-state index in [1.165, 1.54) is 19.2 Å². The summed E-state index contributed by atoms with van der Waals surface area (Å²) in [5.41, 5.74) is 4.28. The number of fused-ring (bicyclic) bond motifs is 5. The number of para-hydroxylation sites is 1. The SMILES string of the molecule is COC(=O)c1cc(C(=O)c2ccccc2O)c[n+]2c1-c1[nH]c3ccc(OC)cc3c1CC2. The number of aromatic nitrogens is 2. The second-order valence-corrected chi connectivity index (χ2v) is 7.66. The number of pyridine rings is 1. The van der Waals surface area contributed by atoms with E-state index in [1.807, 2.05) is 22.8 Å². The molecule has 7 heteroatoms. The van der Waals surface area contributed by atoms with E-state index in [2.05, 4.69) is 4.98 Å². The van der Waals surface area contributed by atoms with Crippen molar-refractivity contribution in [1.82, 2.24) is 4.98 Å². The van der Waals surface area contributed by atoms with Crippen LogP contribution in [0.4, 0.5) is 0 Å². The number of esters is 1. The maximum absolute atomic E-state index is 13.1. The molecule has 0 spiro atoms. The number of benzene rings is 2. The summed E-state index contributed by atoms with van der Waals surface area (Å²) in [7, 11) is 2.95. The van der Waals surface area contributed by atoms with Crippen LogP contribution in [-0.4, -0.2) is 36.1 Å². The van der Waals surface area contributed by atoms with Gasteiger partial charge in [0.15, 0.2) is 12.7 Å². The monoisotopic (exact) mass is 429 g/mol. The number of carbonyl (C=O) groups is 2. The van der Waals surface area contributed by atoms with E-state index < -0.39 is 5.97 Å². The fourth-order valence-electron chi connectivity index (χ4n) is 4.36. The Hall–Kier alpha value is -4.13. The summed E-state index contributed by atoms with van der Waals surface area (Å²) in [4.78, 5) is 29.3. The number of hydrogen-bond donors (Lipinski definition) is 2. The van der Waals surface area contributed by atoms with E-state index in [4.69, 9.17) is 9.47 Å². The Labute approximate surface area is 183 Å². The summed E-state index contributed by atoms with van der Waals surface area (Å²) >= 11 is 0. The molecule has 4 aromatic rings. The van der Waals surface area contributed by atoms with E-state index in [0.29, 0.717) is 17.8 Å². The zero-order valence-electron chi connectivity index (χ0n) is 17.6. The first kappa shape index (κ1) is 19.8. The van der Waals surface area contributed by atoms with Gasteiger partial charge in [0.25, 0.3) is 0 Å². The molecule has 0 atom stereocenters. The third kappa shape index (κ3) is 3.01. The molecule has 0 saturated carbocycles. The van der Waals surface area contributed by atoms with Gasteiger partial charge in [-0.3, -0.25) is 4.79 Å². The lowest BCUT2D eigenvalue weighted by atomic mass is 9.95. The molecule has 0 unspecified atom stereocenters. The summed E-state index contributed by atoms with van der Waals surface area (Å²) in [5.74, 6) is -0.248. The molecule has 1 aliphatic heterocycles. The normalized spacial score (nSPS) is 12.2. The number of hydrogen-bond acceptors (Lipinski definition) is 5. The number of H-pyrrole nitrogens is 1. The van der Waals surface area contributed by atoms with Gasteiger partial charge >= 0.3 is 5.97 Å². The van der Waals surface area contributed by atoms with Crippen LogP contribution in [-0.2, 0) is 17.7 Å². The van der Waals surface area contributed by atoms with Gasteiger partial charge in [-0.1, -0.05) is 12.1 Å². The van der Waals surface area contributed by atoms with Crippen LogP contribution in [0, 0.1) is 0 Å². The molecular formula is C25H21N2O5+. The topological polar surface area (TPSA) is 92.5 Å². The number of aromatic amines is 1. The molecule has 0 radical (unpaired) electrons. The molecule has 160 valence electrons. The standard InChI is InChI=1S/C25H20N2O5/c1-31-15-7-8-20-18(12-15)16-9-10-27-13-14(24(29)17-5-3-4-6-21(17)28)11-19(25(30)32-2)23(27)22(16)26-20/h3-8,11-13H,9-10H2,1-2H3,(H,28,29)/p+1. The number of nitrogens with one attached hydrogen (secondary N) is 1. The lowest BCUT2D eigenvalue weighted by Crippen LogP contribution is -2.42. The smallest absolute Gasteiger partial charge is 0.344 e. The first-order valence-electron chi connectivity index (χ1n) is 10.2. The van der Waals surface area contributed by atoms with Crippen molar-refractivity contribution in [3.05, 3.63) is 77.0 Å². The van der Waals surface area contributed by atoms with Crippen molar-refractivity contribution in [2.75, 3.05) is 14.2 Å². The summed E-state index contributed by atoms with van der Waals surface area (Å²) in [6.07, 6.45) is 2.45. The minimum atomic E-state index is -0.537. The molecule has 5 rings (SSSR count). The quantitative estimate of drug-likeness (QED) is 0.295. The molecule has 7 nitrogen and oxygen atoms in total. The zero-order chi connectivity index (χ0) is 22.4. The van der Waals surface area contributed by atoms with Gasteiger partial charge in [0.2, 0.25) is 11.5 Å². The summed E-state index contributed by atoms with van der Waals surface area (Å²) in [6, 6.07) is 13.7. The summed E-state index contributed by atoms with van der Waals surface area (Å²) in [5, 5.41) is 11.2. The van der Waals surface area contributed by atoms with Crippen molar-refractivity contribution in [1.29, 1.82) is 0 Å². The number of rotatable bonds is 4. The van der Waals surface area contributed by atoms with Gasteiger partial charge in [-0.2, -0.15) is 4.57 Å². The maximum Gasteiger partial charge on any atom is 0.344 e. The van der Waals surface area contributed by atoms with Crippen molar-refractivity contribution in [2.45, 2.75) is 13.0 Å². The molecule has 3 heterocycles. The van der Waals surface area contributed by atoms with Gasteiger partial charge in [0, 0.05) is 17.3 Å². The van der Waals surface area contributed by atoms with Gasteiger partial charge in [-0.15, -0.1) is 0 Å². The van der Waals surface area contributed by atoms with Crippen molar-refractivity contribution in [2.24, 2.45) is 0 Å². The highest BCUT2D eigenvalue weighted by Gasteiger charge is 2.34. The van der Waals surface area contributed by atoms with Crippen LogP contribution in [0.15, 0.2) is 54.7 Å². The molecule has 0 saturated heterocycles. The lowest BCUT2D eigenvalue weighted by molar-refractivity contribution is -0.687. The minimum Gasteiger partial charge on any atom is -0.507 e. The van der Waals surface area contributed by atoms with Crippen LogP contribution < -0.4 is 9.30 Å². The number of phenols is 1. The number of ketones is 1. The molecular weight excluding hydrogens is 408 g/mol. The van der Waals surface area contributed by atoms with Gasteiger partial charge in [0.05, 0.1) is 25.3 Å². The highest BCUT2D eigenvalue weighted by Crippen LogP contribution is 2.36. The van der Waals surface area contributed by atoms with Gasteiger partial charge in [-0.25, -0.2) is 4.79 Å². The number of aryl methyl sites for hydroxylation is 2. The van der Waals surface area contributed by atoms with Crippen LogP contribution in [0.3, 0.4) is 0 Å². The Morgan fingerprint density at radius 1 is 1.06 bits per heavy atom. The number of nitrogens with zero attached hydrogens (tertiary/aromatic N) is 1. The molecule has 32 heavy (non-hydrogen) atoms. The molecule has 2 aromatic heterocycles. The van der Waals surface area contributed by atoms with Crippen LogP contribution in [0.2, 0.25) is 0 Å². The van der Waals surface area contributed by atoms with Crippen molar-refractivity contribution in [3.63, 3.8) is 0 Å². The highest BCUT2D eigenvalue weighted by atomic mass is 16.5. The Morgan fingerprint density at radius 2 is 1.88 bits per heavy atom. The average molecular weight is 429 g/mol. The van der Waals surface area contributed by atoms with E-state index in [0.717, 1.165) is 34.3 Å². The first-order chi connectivity index (χ1) is 15.5. The minimum absolute atomic E-state index is 0.105. The number of ether oxygens (including phenoxy) is 2. The number of phenolic OH excluding ortho intramolecular Hbond substituents is 1. The average Bonchev–Trinajstić information content (AvgIpc) is 3.20. The Balaban J connectivity index is 1.72. The van der Waals surface area contributed by atoms with Gasteiger partial charge in [-0.05, 0) is 42.0 Å². The van der Waals surface area contributed by atoms with Crippen molar-refractivity contribution in [3.8, 4) is 22.9 Å². The van der Waals surface area contributed by atoms with E-state index in [9.17, 15) is 14.7 Å². The lowest BCUT2D eigenvalue weighted by Gasteiger charge is -2.15. The molecule has 1 aliphatic rings. The number of aromatic hydroxyl groups is 1. The largest absolute Gasteiger partial charge is 0.507 e. The van der Waals surface area contributed by atoms with Crippen LogP contribution in [0.5, 0.6) is 11.5 Å². The summed E-state index contributed by atoms with van der Waals surface area (Å²) in [6.45, 7) is 0.582. The summed E-state index contributed by atoms with van der Waals surface area (Å²) < 4.78 is 12.3. The second-order valence-electron chi connectivity index (χ2n) is 7.66. The molecule has 2 aromatic carbocycles. The fourth-order valence-corrected chi connectivity index (χ4v) is 4.36. The van der Waals surface area contributed by atoms with Gasteiger partial charge in [0.1, 0.15) is 22.8 Å². The second kappa shape index (κ2) is 7.53. The van der Waals surface area contributed by atoms with E-state index in [-0.39, 0.29) is 22.7 Å². The van der Waals surface area contributed by atoms with Crippen LogP contribution >= 0.6 is 0 Å². The van der Waals surface area contributed by atoms with Gasteiger partial charge < -0.3 is 19.6 Å². The molecule has 0 bridgehead atoms. The van der Waals surface area contributed by atoms with Crippen LogP contribution in [0.25, 0.3) is 22.3 Å². The Morgan fingerprint density at radius 3 is 2.62 bits per heavy atom. The van der Waals surface area contributed by atoms with E-state index in [1.54, 1.807) is 31.5 Å². The molecule has 0 amide bonds. The number of carbonyl (C=O) groups excluding carboxylic acids is 2. The maximum atomic E-state index is 13.1. The third-order valence-corrected chi connectivity index (χ3v) is 5.91. The molecule has 2 N–H and O–H groups in total. The predicted octanol–water partition coefficient (Wildman–Crippen LogP) is 3.41. The van der Waals surface area contributed by atoms with E-state index >= 15 is 0 Å². The molecule has 0 fully saturated rings. The van der Waals surface area contributed by atoms with Crippen molar-refractivity contribution >= 4 is 22.7 Å². The predicted molar refractivity (Wildman–Crippen MR) is 117 cm³/mol. The molecule has 0 aliphatic carbocycles. The Bertz CT molecular complexity index is 1400. The Kier molecular flexibility index (Phi) is 4.66. The number of methoxy groups -OCH3 is 2. The zero-order valence-corrected chi connectivity index (χ0v) is 17.6. The first-order valence-corrected chi connectivity index (χ1v) is 10.2. The third-order valence-electron chi connectivity index (χ3n) is 5.91. The van der Waals surface area contributed by atoms with Crippen molar-refractivity contribution < 1.29 is 28.7 Å². The highest BCUT2D eigenvalue weighted by molar-refractivity contribution is 6.11. The fraction of sp³-hybridized carbons (Fsp3) is 0.160. The van der Waals surface area contributed by atoms with Crippen LogP contribution in [0.1, 0.15) is 31.8 Å².